The number of aromatic nitrogens is 1. The molecule has 6 nitrogen and oxygen atoms in total. The summed E-state index contributed by atoms with van der Waals surface area (Å²) in [6, 6.07) is 5.47. The summed E-state index contributed by atoms with van der Waals surface area (Å²) in [7, 11) is 0. The van der Waals surface area contributed by atoms with Crippen LogP contribution in [0, 0.1) is 6.92 Å². The minimum absolute atomic E-state index is 0.511. The van der Waals surface area contributed by atoms with Crippen LogP contribution in [-0.2, 0) is 4.74 Å². The summed E-state index contributed by atoms with van der Waals surface area (Å²) in [5.74, 6) is 0. The molecule has 2 rings (SSSR count). The van der Waals surface area contributed by atoms with Gasteiger partial charge in [0.05, 0.1) is 17.6 Å². The van der Waals surface area contributed by atoms with Gasteiger partial charge in [0, 0.05) is 15.4 Å². The van der Waals surface area contributed by atoms with Crippen molar-refractivity contribution >= 4 is 50.4 Å². The van der Waals surface area contributed by atoms with Crippen molar-refractivity contribution in [2.24, 2.45) is 5.10 Å². The van der Waals surface area contributed by atoms with Gasteiger partial charge in [0.2, 0.25) is 5.13 Å². The van der Waals surface area contributed by atoms with Crippen LogP contribution in [0.3, 0.4) is 0 Å². The lowest BCUT2D eigenvalue weighted by molar-refractivity contribution is 0.0636. The lowest BCUT2D eigenvalue weighted by atomic mass is 10.2. The Hall–Kier alpha value is -1.93. The number of nitrogens with one attached hydrogen (secondary N) is 2. The zero-order chi connectivity index (χ0) is 17.7. The maximum Gasteiger partial charge on any atom is 0.412 e. The van der Waals surface area contributed by atoms with E-state index in [0.717, 1.165) is 15.7 Å². The molecule has 0 bridgehead atoms. The van der Waals surface area contributed by atoms with Gasteiger partial charge in [-0.15, -0.1) is 11.3 Å². The number of ether oxygens (including phenoxy) is 1. The van der Waals surface area contributed by atoms with Crippen molar-refractivity contribution in [2.75, 3.05) is 10.7 Å². The fraction of sp³-hybridized carbons (Fsp3) is 0.312. The second kappa shape index (κ2) is 7.76. The number of benzene rings is 1. The molecular weight excluding hydrogens is 392 g/mol. The van der Waals surface area contributed by atoms with Crippen molar-refractivity contribution in [3.63, 3.8) is 0 Å². The number of rotatable bonds is 4. The van der Waals surface area contributed by atoms with Gasteiger partial charge in [0.25, 0.3) is 0 Å². The Morgan fingerprint density at radius 3 is 2.79 bits per heavy atom. The van der Waals surface area contributed by atoms with Crippen molar-refractivity contribution in [1.82, 2.24) is 4.98 Å². The van der Waals surface area contributed by atoms with Gasteiger partial charge >= 0.3 is 6.09 Å². The SMILES string of the molecule is Cc1csc(NN=Cc2cc(Br)ccc2NC(=O)OC(C)(C)C)n1. The van der Waals surface area contributed by atoms with Crippen LogP contribution in [0.1, 0.15) is 32.0 Å². The quantitative estimate of drug-likeness (QED) is 0.548. The highest BCUT2D eigenvalue weighted by Crippen LogP contribution is 2.21. The molecule has 0 aliphatic heterocycles. The molecule has 0 unspecified atom stereocenters. The second-order valence-corrected chi connectivity index (χ2v) is 7.80. The van der Waals surface area contributed by atoms with Crippen molar-refractivity contribution < 1.29 is 9.53 Å². The Balaban J connectivity index is 2.10. The number of aryl methyl sites for hydroxylation is 1. The topological polar surface area (TPSA) is 75.6 Å². The summed E-state index contributed by atoms with van der Waals surface area (Å²) in [5, 5.41) is 9.55. The summed E-state index contributed by atoms with van der Waals surface area (Å²) in [5.41, 5.74) is 4.59. The lowest BCUT2D eigenvalue weighted by Gasteiger charge is -2.20. The van der Waals surface area contributed by atoms with Gasteiger partial charge in [-0.25, -0.2) is 9.78 Å². The molecule has 24 heavy (non-hydrogen) atoms. The monoisotopic (exact) mass is 410 g/mol. The summed E-state index contributed by atoms with van der Waals surface area (Å²) >= 11 is 4.89. The zero-order valence-corrected chi connectivity index (χ0v) is 16.3. The molecule has 1 aromatic carbocycles. The molecule has 1 aromatic heterocycles. The molecule has 0 saturated heterocycles. The summed E-state index contributed by atoms with van der Waals surface area (Å²) in [4.78, 5) is 16.2. The molecule has 0 atom stereocenters. The Bertz CT molecular complexity index is 753. The van der Waals surface area contributed by atoms with E-state index in [1.54, 1.807) is 12.3 Å². The average Bonchev–Trinajstić information content (AvgIpc) is 2.85. The maximum atomic E-state index is 11.9. The fourth-order valence-electron chi connectivity index (χ4n) is 1.73. The largest absolute Gasteiger partial charge is 0.444 e. The predicted molar refractivity (Wildman–Crippen MR) is 102 cm³/mol. The van der Waals surface area contributed by atoms with E-state index >= 15 is 0 Å². The zero-order valence-electron chi connectivity index (χ0n) is 13.9. The van der Waals surface area contributed by atoms with Gasteiger partial charge in [-0.2, -0.15) is 5.10 Å². The molecule has 1 heterocycles. The summed E-state index contributed by atoms with van der Waals surface area (Å²) in [6.07, 6.45) is 1.11. The van der Waals surface area contributed by atoms with Crippen molar-refractivity contribution in [3.8, 4) is 0 Å². The highest BCUT2D eigenvalue weighted by molar-refractivity contribution is 9.10. The number of hydrazone groups is 1. The van der Waals surface area contributed by atoms with Crippen LogP contribution in [0.15, 0.2) is 33.2 Å². The Labute approximate surface area is 153 Å². The van der Waals surface area contributed by atoms with Crippen LogP contribution in [0.25, 0.3) is 0 Å². The first-order chi connectivity index (χ1) is 11.2. The van der Waals surface area contributed by atoms with E-state index < -0.39 is 11.7 Å². The van der Waals surface area contributed by atoms with Gasteiger partial charge in [0.1, 0.15) is 5.60 Å². The normalized spacial score (nSPS) is 11.5. The summed E-state index contributed by atoms with van der Waals surface area (Å²) in [6.45, 7) is 7.37. The van der Waals surface area contributed by atoms with Crippen LogP contribution in [-0.4, -0.2) is 22.9 Å². The fourth-order valence-corrected chi connectivity index (χ4v) is 2.75. The van der Waals surface area contributed by atoms with E-state index in [9.17, 15) is 4.79 Å². The molecule has 0 fully saturated rings. The molecule has 128 valence electrons. The number of carbonyl (C=O) groups excluding carboxylic acids is 1. The number of nitrogens with zero attached hydrogens (tertiary/aromatic N) is 2. The third-order valence-corrected chi connectivity index (χ3v) is 3.99. The molecule has 0 aliphatic rings. The number of hydrogen-bond donors (Lipinski definition) is 2. The highest BCUT2D eigenvalue weighted by atomic mass is 79.9. The van der Waals surface area contributed by atoms with Crippen molar-refractivity contribution in [3.05, 3.63) is 39.3 Å². The number of anilines is 2. The highest BCUT2D eigenvalue weighted by Gasteiger charge is 2.17. The predicted octanol–water partition coefficient (Wildman–Crippen LogP) is 5.01. The Kier molecular flexibility index (Phi) is 5.95. The third kappa shape index (κ3) is 5.93. The number of halogens is 1. The molecule has 2 N–H and O–H groups in total. The molecule has 2 aromatic rings. The smallest absolute Gasteiger partial charge is 0.412 e. The molecular formula is C16H19BrN4O2S. The van der Waals surface area contributed by atoms with E-state index in [2.05, 4.69) is 36.8 Å². The molecule has 0 spiro atoms. The van der Waals surface area contributed by atoms with Crippen LogP contribution in [0.2, 0.25) is 0 Å². The van der Waals surface area contributed by atoms with Gasteiger partial charge < -0.3 is 4.74 Å². The average molecular weight is 411 g/mol. The first kappa shape index (κ1) is 18.4. The molecule has 0 radical (unpaired) electrons. The van der Waals surface area contributed by atoms with Gasteiger partial charge in [-0.1, -0.05) is 15.9 Å². The first-order valence-corrected chi connectivity index (χ1v) is 8.91. The number of amides is 1. The Morgan fingerprint density at radius 1 is 1.42 bits per heavy atom. The third-order valence-electron chi connectivity index (χ3n) is 2.63. The van der Waals surface area contributed by atoms with Crippen molar-refractivity contribution in [2.45, 2.75) is 33.3 Å². The van der Waals surface area contributed by atoms with Crippen LogP contribution in [0.5, 0.6) is 0 Å². The molecule has 0 saturated carbocycles. The number of thiazole rings is 1. The van der Waals surface area contributed by atoms with E-state index in [0.29, 0.717) is 10.8 Å². The minimum atomic E-state index is -0.558. The first-order valence-electron chi connectivity index (χ1n) is 7.24. The molecule has 1 amide bonds. The van der Waals surface area contributed by atoms with Gasteiger partial charge in [-0.05, 0) is 45.9 Å². The minimum Gasteiger partial charge on any atom is -0.444 e. The maximum absolute atomic E-state index is 11.9. The summed E-state index contributed by atoms with van der Waals surface area (Å²) < 4.78 is 6.15. The van der Waals surface area contributed by atoms with E-state index in [-0.39, 0.29) is 0 Å². The number of hydrogen-bond acceptors (Lipinski definition) is 6. The lowest BCUT2D eigenvalue weighted by Crippen LogP contribution is -2.27. The van der Waals surface area contributed by atoms with Crippen molar-refractivity contribution in [1.29, 1.82) is 0 Å². The van der Waals surface area contributed by atoms with E-state index in [1.165, 1.54) is 11.3 Å². The molecule has 0 aliphatic carbocycles. The van der Waals surface area contributed by atoms with Crippen LogP contribution < -0.4 is 10.7 Å². The second-order valence-electron chi connectivity index (χ2n) is 6.02. The number of carbonyl (C=O) groups is 1. The Morgan fingerprint density at radius 2 is 2.17 bits per heavy atom. The van der Waals surface area contributed by atoms with Gasteiger partial charge in [0.15, 0.2) is 0 Å². The molecule has 8 heteroatoms. The van der Waals surface area contributed by atoms with E-state index in [1.807, 2.05) is 45.2 Å². The van der Waals surface area contributed by atoms with E-state index in [4.69, 9.17) is 4.74 Å². The standard InChI is InChI=1S/C16H19BrN4O2S/c1-10-9-24-14(19-10)21-18-8-11-7-12(17)5-6-13(11)20-15(22)23-16(2,3)4/h5-9H,1-4H3,(H,19,21)(H,20,22). The van der Waals surface area contributed by atoms with Crippen LogP contribution >= 0.6 is 27.3 Å². The van der Waals surface area contributed by atoms with Crippen LogP contribution in [0.4, 0.5) is 15.6 Å². The van der Waals surface area contributed by atoms with Gasteiger partial charge in [-0.3, -0.25) is 10.7 Å².